The number of Topliss-reactive ketones (excluding diaryl/α,β-unsaturated/α-hetero) is 1. The van der Waals surface area contributed by atoms with E-state index >= 15 is 0 Å². The van der Waals surface area contributed by atoms with Crippen molar-refractivity contribution in [1.29, 1.82) is 0 Å². The van der Waals surface area contributed by atoms with Gasteiger partial charge in [-0.2, -0.15) is 0 Å². The summed E-state index contributed by atoms with van der Waals surface area (Å²) in [6.07, 6.45) is -0.373. The van der Waals surface area contributed by atoms with Crippen molar-refractivity contribution in [2.45, 2.75) is 12.8 Å². The van der Waals surface area contributed by atoms with Gasteiger partial charge >= 0.3 is 12.0 Å². The molecule has 0 aliphatic heterocycles. The fourth-order valence-electron chi connectivity index (χ4n) is 1.39. The topological polar surface area (TPSA) is 116 Å². The molecular weight excluding hydrogens is 283 g/mol. The Labute approximate surface area is 119 Å². The van der Waals surface area contributed by atoms with E-state index in [1.165, 1.54) is 12.1 Å². The summed E-state index contributed by atoms with van der Waals surface area (Å²) in [6.45, 7) is -0.660. The molecule has 112 valence electrons. The minimum Gasteiger partial charge on any atom is -0.456 e. The number of hydrogen-bond acceptors (Lipinski definition) is 5. The van der Waals surface area contributed by atoms with Crippen molar-refractivity contribution in [3.63, 3.8) is 0 Å². The molecule has 0 spiro atoms. The summed E-state index contributed by atoms with van der Waals surface area (Å²) in [6, 6.07) is 3.84. The van der Waals surface area contributed by atoms with Crippen LogP contribution in [0.1, 0.15) is 23.2 Å². The molecule has 0 unspecified atom stereocenters. The zero-order valence-corrected chi connectivity index (χ0v) is 10.9. The maximum absolute atomic E-state index is 12.7. The van der Waals surface area contributed by atoms with Gasteiger partial charge < -0.3 is 10.5 Å². The zero-order chi connectivity index (χ0) is 15.8. The Morgan fingerprint density at radius 2 is 1.71 bits per heavy atom. The molecule has 3 N–H and O–H groups in total. The van der Waals surface area contributed by atoms with Crippen LogP contribution < -0.4 is 11.1 Å². The van der Waals surface area contributed by atoms with E-state index in [1.54, 1.807) is 5.32 Å². The van der Waals surface area contributed by atoms with Crippen LogP contribution in [-0.2, 0) is 14.3 Å². The van der Waals surface area contributed by atoms with E-state index in [1.807, 2.05) is 0 Å². The third kappa shape index (κ3) is 6.28. The number of benzene rings is 1. The number of esters is 1. The Morgan fingerprint density at radius 3 is 2.29 bits per heavy atom. The molecule has 3 amide bonds. The number of rotatable bonds is 6. The van der Waals surface area contributed by atoms with Crippen LogP contribution in [0.15, 0.2) is 24.3 Å². The van der Waals surface area contributed by atoms with Crippen LogP contribution in [0.2, 0.25) is 0 Å². The van der Waals surface area contributed by atoms with E-state index in [-0.39, 0.29) is 24.2 Å². The molecule has 0 saturated heterocycles. The summed E-state index contributed by atoms with van der Waals surface area (Å²) in [5.41, 5.74) is 4.96. The molecule has 1 rings (SSSR count). The monoisotopic (exact) mass is 296 g/mol. The van der Waals surface area contributed by atoms with Crippen LogP contribution in [0.25, 0.3) is 0 Å². The van der Waals surface area contributed by atoms with E-state index < -0.39 is 30.3 Å². The quantitative estimate of drug-likeness (QED) is 0.586. The Kier molecular flexibility index (Phi) is 5.99. The molecule has 0 aromatic heterocycles. The van der Waals surface area contributed by atoms with E-state index in [0.29, 0.717) is 0 Å². The maximum Gasteiger partial charge on any atom is 0.318 e. The number of carbonyl (C=O) groups excluding carboxylic acids is 4. The number of nitrogens with two attached hydrogens (primary N) is 1. The van der Waals surface area contributed by atoms with Gasteiger partial charge in [0.25, 0.3) is 5.91 Å². The molecule has 0 radical (unpaired) electrons. The number of urea groups is 1. The number of imide groups is 1. The lowest BCUT2D eigenvalue weighted by atomic mass is 10.1. The lowest BCUT2D eigenvalue weighted by Gasteiger charge is -2.04. The highest BCUT2D eigenvalue weighted by molar-refractivity contribution is 5.98. The summed E-state index contributed by atoms with van der Waals surface area (Å²) in [7, 11) is 0. The van der Waals surface area contributed by atoms with Crippen LogP contribution in [0.4, 0.5) is 9.18 Å². The number of hydrogen-bond donors (Lipinski definition) is 2. The van der Waals surface area contributed by atoms with Gasteiger partial charge in [0, 0.05) is 12.0 Å². The van der Waals surface area contributed by atoms with Gasteiger partial charge in [-0.1, -0.05) is 0 Å². The molecule has 7 nitrogen and oxygen atoms in total. The van der Waals surface area contributed by atoms with Gasteiger partial charge in [0.1, 0.15) is 5.82 Å². The van der Waals surface area contributed by atoms with Gasteiger partial charge in [-0.3, -0.25) is 19.7 Å². The first-order valence-electron chi connectivity index (χ1n) is 5.92. The second-order valence-corrected chi connectivity index (χ2v) is 4.00. The van der Waals surface area contributed by atoms with Crippen molar-refractivity contribution in [1.82, 2.24) is 5.32 Å². The lowest BCUT2D eigenvalue weighted by molar-refractivity contribution is -0.148. The molecule has 0 aliphatic rings. The van der Waals surface area contributed by atoms with Crippen molar-refractivity contribution >= 4 is 23.7 Å². The summed E-state index contributed by atoms with van der Waals surface area (Å²) < 4.78 is 17.2. The first-order chi connectivity index (χ1) is 9.88. The molecule has 0 heterocycles. The highest BCUT2D eigenvalue weighted by atomic mass is 19.1. The molecule has 0 fully saturated rings. The molecule has 0 bridgehead atoms. The SMILES string of the molecule is NC(=O)NC(=O)COC(=O)CCC(=O)c1ccc(F)cc1. The second-order valence-electron chi connectivity index (χ2n) is 4.00. The molecule has 1 aromatic rings. The van der Waals surface area contributed by atoms with Crippen LogP contribution >= 0.6 is 0 Å². The van der Waals surface area contributed by atoms with Gasteiger partial charge in [0.05, 0.1) is 6.42 Å². The van der Waals surface area contributed by atoms with Crippen LogP contribution in [0.5, 0.6) is 0 Å². The first-order valence-corrected chi connectivity index (χ1v) is 5.92. The van der Waals surface area contributed by atoms with Crippen molar-refractivity contribution in [3.8, 4) is 0 Å². The van der Waals surface area contributed by atoms with Crippen molar-refractivity contribution in [2.75, 3.05) is 6.61 Å². The summed E-state index contributed by atoms with van der Waals surface area (Å²) in [5, 5.41) is 1.71. The minimum absolute atomic E-state index is 0.137. The lowest BCUT2D eigenvalue weighted by Crippen LogP contribution is -2.37. The third-order valence-electron chi connectivity index (χ3n) is 2.35. The van der Waals surface area contributed by atoms with E-state index in [0.717, 1.165) is 12.1 Å². The molecule has 1 aromatic carbocycles. The average Bonchev–Trinajstić information content (AvgIpc) is 2.42. The average molecular weight is 296 g/mol. The Hall–Kier alpha value is -2.77. The number of amides is 3. The normalized spacial score (nSPS) is 9.76. The molecule has 0 saturated carbocycles. The molecule has 0 atom stereocenters. The number of nitrogens with one attached hydrogen (secondary N) is 1. The standard InChI is InChI=1S/C13H13FN2O5/c14-9-3-1-8(2-4-9)10(17)5-6-12(19)21-7-11(18)16-13(15)20/h1-4H,5-7H2,(H3,15,16,18,20). The van der Waals surface area contributed by atoms with Gasteiger partial charge in [-0.15, -0.1) is 0 Å². The van der Waals surface area contributed by atoms with Crippen molar-refractivity contribution in [2.24, 2.45) is 5.73 Å². The van der Waals surface area contributed by atoms with Crippen LogP contribution in [0, 0.1) is 5.82 Å². The van der Waals surface area contributed by atoms with E-state index in [4.69, 9.17) is 5.73 Å². The van der Waals surface area contributed by atoms with Gasteiger partial charge in [-0.25, -0.2) is 9.18 Å². The second kappa shape index (κ2) is 7.73. The highest BCUT2D eigenvalue weighted by Crippen LogP contribution is 2.07. The summed E-state index contributed by atoms with van der Waals surface area (Å²) >= 11 is 0. The fourth-order valence-corrected chi connectivity index (χ4v) is 1.39. The summed E-state index contributed by atoms with van der Waals surface area (Å²) in [5.74, 6) is -2.45. The number of ketones is 1. The Morgan fingerprint density at radius 1 is 1.10 bits per heavy atom. The van der Waals surface area contributed by atoms with E-state index in [9.17, 15) is 23.6 Å². The largest absolute Gasteiger partial charge is 0.456 e. The van der Waals surface area contributed by atoms with Gasteiger partial charge in [0.2, 0.25) is 0 Å². The van der Waals surface area contributed by atoms with Gasteiger partial charge in [-0.05, 0) is 24.3 Å². The number of halogens is 1. The van der Waals surface area contributed by atoms with Crippen LogP contribution in [0.3, 0.4) is 0 Å². The number of carbonyl (C=O) groups is 4. The predicted molar refractivity (Wildman–Crippen MR) is 68.6 cm³/mol. The molecular formula is C13H13FN2O5. The van der Waals surface area contributed by atoms with E-state index in [2.05, 4.69) is 4.74 Å². The third-order valence-corrected chi connectivity index (χ3v) is 2.35. The predicted octanol–water partition coefficient (Wildman–Crippen LogP) is 0.527. The molecule has 0 aliphatic carbocycles. The fraction of sp³-hybridized carbons (Fsp3) is 0.231. The summed E-state index contributed by atoms with van der Waals surface area (Å²) in [4.78, 5) is 44.3. The number of primary amides is 1. The molecule has 21 heavy (non-hydrogen) atoms. The number of ether oxygens (including phenoxy) is 1. The first kappa shape index (κ1) is 16.3. The van der Waals surface area contributed by atoms with Crippen molar-refractivity contribution in [3.05, 3.63) is 35.6 Å². The maximum atomic E-state index is 12.7. The van der Waals surface area contributed by atoms with Crippen molar-refractivity contribution < 1.29 is 28.3 Å². The molecule has 8 heteroatoms. The Balaban J connectivity index is 2.32. The highest BCUT2D eigenvalue weighted by Gasteiger charge is 2.12. The van der Waals surface area contributed by atoms with Crippen LogP contribution in [-0.4, -0.2) is 30.3 Å². The van der Waals surface area contributed by atoms with Gasteiger partial charge in [0.15, 0.2) is 12.4 Å². The Bertz CT molecular complexity index is 556. The zero-order valence-electron chi connectivity index (χ0n) is 10.9. The minimum atomic E-state index is -1.05. The smallest absolute Gasteiger partial charge is 0.318 e.